The Balaban J connectivity index is 2.31. The van der Waals surface area contributed by atoms with Gasteiger partial charge in [-0.05, 0) is 38.4 Å². The summed E-state index contributed by atoms with van der Waals surface area (Å²) < 4.78 is 0. The maximum absolute atomic E-state index is 4.44. The minimum atomic E-state index is 0.568. The van der Waals surface area contributed by atoms with Crippen molar-refractivity contribution >= 4 is 0 Å². The minimum absolute atomic E-state index is 0.568. The zero-order chi connectivity index (χ0) is 8.55. The molecule has 2 heterocycles. The largest absolute Gasteiger partial charge is 0.310 e. The van der Waals surface area contributed by atoms with E-state index in [9.17, 15) is 0 Å². The van der Waals surface area contributed by atoms with E-state index in [0.717, 1.165) is 12.2 Å². The third-order valence-electron chi connectivity index (χ3n) is 2.47. The Bertz CT molecular complexity index is 290. The predicted molar refractivity (Wildman–Crippen MR) is 49.1 cm³/mol. The van der Waals surface area contributed by atoms with E-state index in [4.69, 9.17) is 0 Å². The van der Waals surface area contributed by atoms with Crippen LogP contribution in [0.1, 0.15) is 29.4 Å². The summed E-state index contributed by atoms with van der Waals surface area (Å²) in [4.78, 5) is 4.44. The lowest BCUT2D eigenvalue weighted by atomic mass is 9.97. The highest BCUT2D eigenvalue weighted by atomic mass is 15.0. The van der Waals surface area contributed by atoms with Crippen molar-refractivity contribution < 1.29 is 0 Å². The second kappa shape index (κ2) is 2.87. The second-order valence-corrected chi connectivity index (χ2v) is 3.42. The van der Waals surface area contributed by atoms with E-state index < -0.39 is 0 Å². The summed E-state index contributed by atoms with van der Waals surface area (Å²) in [7, 11) is 0. The van der Waals surface area contributed by atoms with Crippen molar-refractivity contribution in [3.8, 4) is 0 Å². The van der Waals surface area contributed by atoms with Gasteiger partial charge in [-0.3, -0.25) is 4.98 Å². The molecule has 2 heteroatoms. The molecule has 2 rings (SSSR count). The standard InChI is InChI=1S/C10H14N2/c1-7-3-4-9(8(2)12-7)10-5-6-11-10/h3-4,10-11H,5-6H2,1-2H3. The summed E-state index contributed by atoms with van der Waals surface area (Å²) in [5, 5.41) is 3.38. The number of pyridine rings is 1. The molecule has 0 radical (unpaired) electrons. The summed E-state index contributed by atoms with van der Waals surface area (Å²) in [6.45, 7) is 5.27. The Hall–Kier alpha value is -0.890. The lowest BCUT2D eigenvalue weighted by Gasteiger charge is -2.28. The maximum Gasteiger partial charge on any atom is 0.0423 e. The van der Waals surface area contributed by atoms with Crippen molar-refractivity contribution in [1.82, 2.24) is 10.3 Å². The Labute approximate surface area is 73.0 Å². The summed E-state index contributed by atoms with van der Waals surface area (Å²) in [6.07, 6.45) is 1.26. The summed E-state index contributed by atoms with van der Waals surface area (Å²) >= 11 is 0. The van der Waals surface area contributed by atoms with Crippen molar-refractivity contribution in [1.29, 1.82) is 0 Å². The number of aromatic nitrogens is 1. The third kappa shape index (κ3) is 1.23. The van der Waals surface area contributed by atoms with Crippen molar-refractivity contribution in [3.63, 3.8) is 0 Å². The van der Waals surface area contributed by atoms with Gasteiger partial charge in [-0.2, -0.15) is 0 Å². The van der Waals surface area contributed by atoms with Gasteiger partial charge in [-0.25, -0.2) is 0 Å². The van der Waals surface area contributed by atoms with Gasteiger partial charge in [0.25, 0.3) is 0 Å². The van der Waals surface area contributed by atoms with Gasteiger partial charge in [0.05, 0.1) is 0 Å². The average molecular weight is 162 g/mol. The van der Waals surface area contributed by atoms with Gasteiger partial charge < -0.3 is 5.32 Å². The Morgan fingerprint density at radius 3 is 2.67 bits per heavy atom. The fraction of sp³-hybridized carbons (Fsp3) is 0.500. The van der Waals surface area contributed by atoms with Crippen LogP contribution in [0.25, 0.3) is 0 Å². The van der Waals surface area contributed by atoms with E-state index in [-0.39, 0.29) is 0 Å². The molecule has 0 saturated carbocycles. The van der Waals surface area contributed by atoms with Crippen LogP contribution in [0.5, 0.6) is 0 Å². The molecule has 0 amide bonds. The zero-order valence-electron chi connectivity index (χ0n) is 7.59. The van der Waals surface area contributed by atoms with E-state index in [1.54, 1.807) is 0 Å². The van der Waals surface area contributed by atoms with Gasteiger partial charge in [0.15, 0.2) is 0 Å². The van der Waals surface area contributed by atoms with Crippen LogP contribution in [0.2, 0.25) is 0 Å². The van der Waals surface area contributed by atoms with Gasteiger partial charge in [0.2, 0.25) is 0 Å². The number of rotatable bonds is 1. The molecule has 2 nitrogen and oxygen atoms in total. The minimum Gasteiger partial charge on any atom is -0.310 e. The first-order chi connectivity index (χ1) is 5.77. The number of aryl methyl sites for hydroxylation is 2. The lowest BCUT2D eigenvalue weighted by Crippen LogP contribution is -2.35. The van der Waals surface area contributed by atoms with Crippen LogP contribution in [0, 0.1) is 13.8 Å². The second-order valence-electron chi connectivity index (χ2n) is 3.42. The van der Waals surface area contributed by atoms with E-state index in [1.165, 1.54) is 17.7 Å². The van der Waals surface area contributed by atoms with Gasteiger partial charge in [0.1, 0.15) is 0 Å². The molecule has 0 spiro atoms. The van der Waals surface area contributed by atoms with E-state index >= 15 is 0 Å². The van der Waals surface area contributed by atoms with Crippen LogP contribution >= 0.6 is 0 Å². The molecule has 1 fully saturated rings. The molecular formula is C10H14N2. The van der Waals surface area contributed by atoms with Crippen LogP contribution in [0.15, 0.2) is 12.1 Å². The van der Waals surface area contributed by atoms with Crippen LogP contribution in [0.4, 0.5) is 0 Å². The first kappa shape index (κ1) is 7.74. The third-order valence-corrected chi connectivity index (χ3v) is 2.47. The van der Waals surface area contributed by atoms with Crippen LogP contribution < -0.4 is 5.32 Å². The SMILES string of the molecule is Cc1ccc(C2CCN2)c(C)n1. The highest BCUT2D eigenvalue weighted by Crippen LogP contribution is 2.24. The molecule has 1 atom stereocenters. The molecule has 1 aromatic rings. The molecule has 12 heavy (non-hydrogen) atoms. The molecule has 1 N–H and O–H groups in total. The molecule has 0 aliphatic carbocycles. The fourth-order valence-electron chi connectivity index (χ4n) is 1.62. The molecule has 0 aromatic carbocycles. The molecule has 1 saturated heterocycles. The number of nitrogens with one attached hydrogen (secondary N) is 1. The van der Waals surface area contributed by atoms with Crippen LogP contribution in [0.3, 0.4) is 0 Å². The molecule has 1 unspecified atom stereocenters. The normalized spacial score (nSPS) is 22.0. The predicted octanol–water partition coefficient (Wildman–Crippen LogP) is 1.73. The molecule has 64 valence electrons. The topological polar surface area (TPSA) is 24.9 Å². The number of hydrogen-bond acceptors (Lipinski definition) is 2. The van der Waals surface area contributed by atoms with E-state index in [0.29, 0.717) is 6.04 Å². The van der Waals surface area contributed by atoms with Gasteiger partial charge in [-0.15, -0.1) is 0 Å². The van der Waals surface area contributed by atoms with Crippen molar-refractivity contribution in [2.75, 3.05) is 6.54 Å². The summed E-state index contributed by atoms with van der Waals surface area (Å²) in [6, 6.07) is 4.84. The quantitative estimate of drug-likeness (QED) is 0.680. The first-order valence-corrected chi connectivity index (χ1v) is 4.45. The summed E-state index contributed by atoms with van der Waals surface area (Å²) in [5.74, 6) is 0. The molecule has 0 bridgehead atoms. The smallest absolute Gasteiger partial charge is 0.0423 e. The Morgan fingerprint density at radius 1 is 1.42 bits per heavy atom. The highest BCUT2D eigenvalue weighted by Gasteiger charge is 2.20. The van der Waals surface area contributed by atoms with E-state index in [1.807, 2.05) is 6.92 Å². The number of nitrogens with zero attached hydrogens (tertiary/aromatic N) is 1. The van der Waals surface area contributed by atoms with Crippen molar-refractivity contribution in [2.24, 2.45) is 0 Å². The molecule has 1 aromatic heterocycles. The zero-order valence-corrected chi connectivity index (χ0v) is 7.59. The number of hydrogen-bond donors (Lipinski definition) is 1. The fourth-order valence-corrected chi connectivity index (χ4v) is 1.62. The van der Waals surface area contributed by atoms with E-state index in [2.05, 4.69) is 29.4 Å². The average Bonchev–Trinajstić information content (AvgIpc) is 1.91. The highest BCUT2D eigenvalue weighted by molar-refractivity contribution is 5.26. The van der Waals surface area contributed by atoms with Gasteiger partial charge in [-0.1, -0.05) is 6.07 Å². The van der Waals surface area contributed by atoms with Crippen molar-refractivity contribution in [2.45, 2.75) is 26.3 Å². The first-order valence-electron chi connectivity index (χ1n) is 4.45. The Kier molecular flexibility index (Phi) is 1.85. The van der Waals surface area contributed by atoms with Crippen LogP contribution in [-0.2, 0) is 0 Å². The monoisotopic (exact) mass is 162 g/mol. The Morgan fingerprint density at radius 2 is 2.17 bits per heavy atom. The van der Waals surface area contributed by atoms with Gasteiger partial charge in [0, 0.05) is 17.4 Å². The van der Waals surface area contributed by atoms with Gasteiger partial charge >= 0.3 is 0 Å². The lowest BCUT2D eigenvalue weighted by molar-refractivity contribution is 0.380. The molecule has 1 aliphatic heterocycles. The van der Waals surface area contributed by atoms with Crippen molar-refractivity contribution in [3.05, 3.63) is 29.1 Å². The summed E-state index contributed by atoms with van der Waals surface area (Å²) in [5.41, 5.74) is 3.65. The maximum atomic E-state index is 4.44. The molecular weight excluding hydrogens is 148 g/mol. The van der Waals surface area contributed by atoms with Crippen LogP contribution in [-0.4, -0.2) is 11.5 Å². The molecule has 1 aliphatic rings.